The van der Waals surface area contributed by atoms with Gasteiger partial charge in [0, 0.05) is 0 Å². The first-order chi connectivity index (χ1) is 4.29. The summed E-state index contributed by atoms with van der Waals surface area (Å²) in [5.74, 6) is 0.775. The van der Waals surface area contributed by atoms with Crippen LogP contribution >= 0.6 is 0 Å². The highest BCUT2D eigenvalue weighted by atomic mass is 16.3. The van der Waals surface area contributed by atoms with E-state index in [4.69, 9.17) is 5.11 Å². The van der Waals surface area contributed by atoms with Crippen molar-refractivity contribution in [2.24, 2.45) is 5.92 Å². The summed E-state index contributed by atoms with van der Waals surface area (Å²) in [5.41, 5.74) is 0. The van der Waals surface area contributed by atoms with Crippen molar-refractivity contribution in [3.63, 3.8) is 0 Å². The van der Waals surface area contributed by atoms with E-state index in [2.05, 4.69) is 6.92 Å². The zero-order chi connectivity index (χ0) is 6.69. The van der Waals surface area contributed by atoms with Crippen LogP contribution in [0.5, 0.6) is 0 Å². The number of rotatable bonds is 2. The fourth-order valence-corrected chi connectivity index (χ4v) is 1.63. The molecule has 1 saturated carbocycles. The SMILES string of the molecule is [CH2]C(O)CC1CCCC1. The van der Waals surface area contributed by atoms with Crippen molar-refractivity contribution in [1.82, 2.24) is 0 Å². The van der Waals surface area contributed by atoms with E-state index >= 15 is 0 Å². The number of hydrogen-bond acceptors (Lipinski definition) is 1. The zero-order valence-corrected chi connectivity index (χ0v) is 5.84. The van der Waals surface area contributed by atoms with Crippen molar-refractivity contribution in [3.8, 4) is 0 Å². The third-order valence-electron chi connectivity index (χ3n) is 2.08. The molecule has 1 atom stereocenters. The van der Waals surface area contributed by atoms with Crippen LogP contribution in [0.1, 0.15) is 32.1 Å². The Morgan fingerprint density at radius 1 is 1.44 bits per heavy atom. The number of aliphatic hydroxyl groups is 1. The van der Waals surface area contributed by atoms with E-state index in [1.54, 1.807) is 0 Å². The van der Waals surface area contributed by atoms with Crippen molar-refractivity contribution in [2.45, 2.75) is 38.2 Å². The smallest absolute Gasteiger partial charge is 0.0543 e. The molecule has 0 heterocycles. The van der Waals surface area contributed by atoms with Crippen LogP contribution in [0.15, 0.2) is 0 Å². The lowest BCUT2D eigenvalue weighted by Gasteiger charge is -2.09. The first-order valence-corrected chi connectivity index (χ1v) is 3.80. The quantitative estimate of drug-likeness (QED) is 0.599. The molecule has 1 fully saturated rings. The van der Waals surface area contributed by atoms with Gasteiger partial charge in [0.1, 0.15) is 0 Å². The minimum atomic E-state index is -0.326. The molecule has 0 aromatic rings. The minimum Gasteiger partial charge on any atom is -0.393 e. The molecule has 0 spiro atoms. The first-order valence-electron chi connectivity index (χ1n) is 3.80. The van der Waals surface area contributed by atoms with Crippen LogP contribution in [0.3, 0.4) is 0 Å². The second-order valence-electron chi connectivity index (χ2n) is 3.04. The molecule has 0 bridgehead atoms. The monoisotopic (exact) mass is 127 g/mol. The Labute approximate surface area is 57.1 Å². The van der Waals surface area contributed by atoms with Crippen molar-refractivity contribution in [1.29, 1.82) is 0 Å². The standard InChI is InChI=1S/C8H15O/c1-7(9)6-8-4-2-3-5-8/h7-9H,1-6H2. The van der Waals surface area contributed by atoms with Gasteiger partial charge in [-0.25, -0.2) is 0 Å². The van der Waals surface area contributed by atoms with Crippen molar-refractivity contribution >= 4 is 0 Å². The largest absolute Gasteiger partial charge is 0.393 e. The second kappa shape index (κ2) is 3.21. The molecule has 1 N–H and O–H groups in total. The van der Waals surface area contributed by atoms with Crippen LogP contribution < -0.4 is 0 Å². The van der Waals surface area contributed by atoms with E-state index < -0.39 is 0 Å². The molecule has 0 aliphatic heterocycles. The topological polar surface area (TPSA) is 20.2 Å². The van der Waals surface area contributed by atoms with E-state index in [9.17, 15) is 0 Å². The van der Waals surface area contributed by atoms with Crippen LogP contribution in [0.4, 0.5) is 0 Å². The molecule has 1 rings (SSSR count). The van der Waals surface area contributed by atoms with Gasteiger partial charge >= 0.3 is 0 Å². The lowest BCUT2D eigenvalue weighted by molar-refractivity contribution is 0.185. The maximum Gasteiger partial charge on any atom is 0.0543 e. The minimum absolute atomic E-state index is 0.326. The van der Waals surface area contributed by atoms with Gasteiger partial charge in [-0.1, -0.05) is 25.7 Å². The number of aliphatic hydroxyl groups excluding tert-OH is 1. The predicted molar refractivity (Wildman–Crippen MR) is 37.9 cm³/mol. The van der Waals surface area contributed by atoms with Crippen molar-refractivity contribution in [2.75, 3.05) is 0 Å². The molecule has 0 aromatic carbocycles. The Kier molecular flexibility index (Phi) is 2.52. The Bertz CT molecular complexity index is 72.6. The summed E-state index contributed by atoms with van der Waals surface area (Å²) in [6, 6.07) is 0. The summed E-state index contributed by atoms with van der Waals surface area (Å²) in [4.78, 5) is 0. The normalized spacial score (nSPS) is 24.7. The second-order valence-corrected chi connectivity index (χ2v) is 3.04. The Morgan fingerprint density at radius 2 is 2.00 bits per heavy atom. The molecule has 1 heteroatoms. The van der Waals surface area contributed by atoms with Gasteiger partial charge < -0.3 is 5.11 Å². The van der Waals surface area contributed by atoms with E-state index in [0.29, 0.717) is 0 Å². The Hall–Kier alpha value is -0.0400. The average molecular weight is 127 g/mol. The van der Waals surface area contributed by atoms with Crippen LogP contribution in [-0.2, 0) is 0 Å². The van der Waals surface area contributed by atoms with E-state index in [0.717, 1.165) is 12.3 Å². The molecule has 1 unspecified atom stereocenters. The van der Waals surface area contributed by atoms with Crippen molar-refractivity contribution in [3.05, 3.63) is 6.92 Å². The summed E-state index contributed by atoms with van der Waals surface area (Å²) in [6.07, 6.45) is 5.93. The first kappa shape index (κ1) is 7.07. The third kappa shape index (κ3) is 2.35. The van der Waals surface area contributed by atoms with Crippen molar-refractivity contribution < 1.29 is 5.11 Å². The van der Waals surface area contributed by atoms with E-state index in [-0.39, 0.29) is 6.10 Å². The Balaban J connectivity index is 2.11. The summed E-state index contributed by atoms with van der Waals surface area (Å²) in [6.45, 7) is 3.56. The molecule has 0 saturated heterocycles. The molecular formula is C8H15O. The van der Waals surface area contributed by atoms with Gasteiger partial charge in [-0.05, 0) is 19.3 Å². The van der Waals surface area contributed by atoms with Gasteiger partial charge in [-0.3, -0.25) is 0 Å². The fourth-order valence-electron chi connectivity index (χ4n) is 1.63. The highest BCUT2D eigenvalue weighted by Crippen LogP contribution is 2.28. The van der Waals surface area contributed by atoms with Gasteiger partial charge in [0.25, 0.3) is 0 Å². The molecule has 53 valence electrons. The van der Waals surface area contributed by atoms with Crippen LogP contribution in [0.2, 0.25) is 0 Å². The lowest BCUT2D eigenvalue weighted by atomic mass is 10.0. The third-order valence-corrected chi connectivity index (χ3v) is 2.08. The molecule has 0 amide bonds. The molecule has 1 aliphatic carbocycles. The zero-order valence-electron chi connectivity index (χ0n) is 5.84. The van der Waals surface area contributed by atoms with E-state index in [1.807, 2.05) is 0 Å². The lowest BCUT2D eigenvalue weighted by Crippen LogP contribution is -2.06. The van der Waals surface area contributed by atoms with Crippen LogP contribution in [0, 0.1) is 12.8 Å². The van der Waals surface area contributed by atoms with Gasteiger partial charge in [0.05, 0.1) is 6.10 Å². The molecule has 1 aliphatic rings. The van der Waals surface area contributed by atoms with Crippen LogP contribution in [-0.4, -0.2) is 11.2 Å². The summed E-state index contributed by atoms with van der Waals surface area (Å²) < 4.78 is 0. The van der Waals surface area contributed by atoms with Gasteiger partial charge in [-0.15, -0.1) is 0 Å². The highest BCUT2D eigenvalue weighted by molar-refractivity contribution is 4.71. The maximum atomic E-state index is 8.90. The molecular weight excluding hydrogens is 112 g/mol. The van der Waals surface area contributed by atoms with E-state index in [1.165, 1.54) is 25.7 Å². The predicted octanol–water partition coefficient (Wildman–Crippen LogP) is 1.76. The molecule has 9 heavy (non-hydrogen) atoms. The molecule has 1 nitrogen and oxygen atoms in total. The maximum absolute atomic E-state index is 8.90. The fraction of sp³-hybridized carbons (Fsp3) is 0.875. The molecule has 1 radical (unpaired) electrons. The van der Waals surface area contributed by atoms with Gasteiger partial charge in [-0.2, -0.15) is 0 Å². The Morgan fingerprint density at radius 3 is 2.44 bits per heavy atom. The molecule has 0 aromatic heterocycles. The highest BCUT2D eigenvalue weighted by Gasteiger charge is 2.16. The summed E-state index contributed by atoms with van der Waals surface area (Å²) in [5, 5.41) is 8.90. The van der Waals surface area contributed by atoms with Crippen LogP contribution in [0.25, 0.3) is 0 Å². The number of hydrogen-bond donors (Lipinski definition) is 1. The van der Waals surface area contributed by atoms with Gasteiger partial charge in [0.2, 0.25) is 0 Å². The summed E-state index contributed by atoms with van der Waals surface area (Å²) >= 11 is 0. The van der Waals surface area contributed by atoms with Gasteiger partial charge in [0.15, 0.2) is 0 Å². The average Bonchev–Trinajstić information content (AvgIpc) is 2.15. The summed E-state index contributed by atoms with van der Waals surface area (Å²) in [7, 11) is 0.